The van der Waals surface area contributed by atoms with Gasteiger partial charge in [0.2, 0.25) is 0 Å². The number of carbonyl (C=O) groups is 1. The van der Waals surface area contributed by atoms with Crippen LogP contribution in [0.15, 0.2) is 53.5 Å². The first-order valence-electron chi connectivity index (χ1n) is 10.8. The Bertz CT molecular complexity index is 1360. The number of halogens is 1. The molecule has 1 amide bonds. The van der Waals surface area contributed by atoms with Crippen LogP contribution in [-0.4, -0.2) is 26.8 Å². The molecule has 0 radical (unpaired) electrons. The maximum absolute atomic E-state index is 14.7. The molecule has 4 aromatic rings. The van der Waals surface area contributed by atoms with Gasteiger partial charge in [-0.3, -0.25) is 14.0 Å². The smallest absolute Gasteiger partial charge is 0.270 e. The zero-order chi connectivity index (χ0) is 22.1. The fourth-order valence-electron chi connectivity index (χ4n) is 4.04. The second-order valence-electron chi connectivity index (χ2n) is 8.32. The van der Waals surface area contributed by atoms with Gasteiger partial charge in [-0.2, -0.15) is 0 Å². The molecule has 0 saturated heterocycles. The van der Waals surface area contributed by atoms with E-state index in [-0.39, 0.29) is 23.6 Å². The minimum absolute atomic E-state index is 0.0630. The fraction of sp³-hybridized carbons (Fsp3) is 0.292. The van der Waals surface area contributed by atoms with Crippen LogP contribution in [0.1, 0.15) is 41.0 Å². The molecule has 0 aliphatic heterocycles. The van der Waals surface area contributed by atoms with Crippen LogP contribution in [0.3, 0.4) is 0 Å². The molecule has 8 heteroatoms. The van der Waals surface area contributed by atoms with E-state index in [1.165, 1.54) is 29.7 Å². The van der Waals surface area contributed by atoms with Gasteiger partial charge in [-0.05, 0) is 55.1 Å². The van der Waals surface area contributed by atoms with E-state index in [0.29, 0.717) is 34.7 Å². The molecule has 7 nitrogen and oxygen atoms in total. The van der Waals surface area contributed by atoms with Gasteiger partial charge < -0.3 is 15.6 Å². The molecule has 0 unspecified atom stereocenters. The molecule has 0 atom stereocenters. The summed E-state index contributed by atoms with van der Waals surface area (Å²) in [6, 6.07) is 11.7. The number of rotatable bonds is 7. The van der Waals surface area contributed by atoms with Crippen LogP contribution in [0.25, 0.3) is 16.6 Å². The van der Waals surface area contributed by atoms with Gasteiger partial charge in [-0.1, -0.05) is 18.6 Å². The molecule has 1 saturated carbocycles. The number of fused-ring (bicyclic) bond motifs is 2. The lowest BCUT2D eigenvalue weighted by molar-refractivity contribution is 0.0946. The Morgan fingerprint density at radius 2 is 2.06 bits per heavy atom. The number of aromatic nitrogens is 3. The lowest BCUT2D eigenvalue weighted by atomic mass is 9.85. The average Bonchev–Trinajstić information content (AvgIpc) is 3.08. The number of nitrogens with one attached hydrogen (secondary N) is 3. The molecule has 32 heavy (non-hydrogen) atoms. The Kier molecular flexibility index (Phi) is 5.45. The highest BCUT2D eigenvalue weighted by Gasteiger charge is 2.18. The lowest BCUT2D eigenvalue weighted by Crippen LogP contribution is -2.27. The quantitative estimate of drug-likeness (QED) is 0.418. The Hall–Kier alpha value is -3.52. The van der Waals surface area contributed by atoms with E-state index in [1.807, 2.05) is 6.07 Å². The summed E-state index contributed by atoms with van der Waals surface area (Å²) in [5.41, 5.74) is 2.21. The summed E-state index contributed by atoms with van der Waals surface area (Å²) in [6.45, 7) is 1.62. The first kappa shape index (κ1) is 20.4. The second-order valence-corrected chi connectivity index (χ2v) is 8.32. The van der Waals surface area contributed by atoms with Crippen molar-refractivity contribution >= 4 is 22.5 Å². The Morgan fingerprint density at radius 3 is 2.88 bits per heavy atom. The van der Waals surface area contributed by atoms with E-state index in [2.05, 4.69) is 20.6 Å². The zero-order valence-corrected chi connectivity index (χ0v) is 17.5. The summed E-state index contributed by atoms with van der Waals surface area (Å²) < 4.78 is 16.1. The fourth-order valence-corrected chi connectivity index (χ4v) is 4.04. The van der Waals surface area contributed by atoms with E-state index in [0.717, 1.165) is 12.1 Å². The Labute approximate surface area is 183 Å². The van der Waals surface area contributed by atoms with E-state index in [9.17, 15) is 14.0 Å². The molecule has 3 aromatic heterocycles. The van der Waals surface area contributed by atoms with Gasteiger partial charge in [0.15, 0.2) is 5.82 Å². The van der Waals surface area contributed by atoms with E-state index < -0.39 is 5.91 Å². The van der Waals surface area contributed by atoms with Crippen molar-refractivity contribution in [3.05, 3.63) is 81.8 Å². The second kappa shape index (κ2) is 8.55. The van der Waals surface area contributed by atoms with Crippen molar-refractivity contribution in [3.63, 3.8) is 0 Å². The predicted molar refractivity (Wildman–Crippen MR) is 120 cm³/mol. The lowest BCUT2D eigenvalue weighted by Gasteiger charge is -2.25. The molecule has 1 aliphatic carbocycles. The molecule has 1 aliphatic rings. The highest BCUT2D eigenvalue weighted by atomic mass is 19.1. The van der Waals surface area contributed by atoms with E-state index in [4.69, 9.17) is 0 Å². The first-order valence-corrected chi connectivity index (χ1v) is 10.8. The van der Waals surface area contributed by atoms with Crippen LogP contribution >= 0.6 is 0 Å². The van der Waals surface area contributed by atoms with Crippen LogP contribution in [0.5, 0.6) is 0 Å². The molecule has 0 bridgehead atoms. The molecule has 3 N–H and O–H groups in total. The Balaban J connectivity index is 1.26. The molecule has 1 fully saturated rings. The van der Waals surface area contributed by atoms with Crippen molar-refractivity contribution in [2.24, 2.45) is 5.92 Å². The third-order valence-electron chi connectivity index (χ3n) is 6.09. The van der Waals surface area contributed by atoms with Gasteiger partial charge in [0, 0.05) is 36.3 Å². The summed E-state index contributed by atoms with van der Waals surface area (Å²) in [7, 11) is 0. The van der Waals surface area contributed by atoms with Crippen molar-refractivity contribution in [2.75, 3.05) is 6.54 Å². The van der Waals surface area contributed by atoms with Crippen LogP contribution in [0.2, 0.25) is 0 Å². The molecule has 164 valence electrons. The third kappa shape index (κ3) is 4.01. The summed E-state index contributed by atoms with van der Waals surface area (Å²) in [5, 5.41) is 6.65. The van der Waals surface area contributed by atoms with Gasteiger partial charge >= 0.3 is 0 Å². The maximum atomic E-state index is 14.7. The van der Waals surface area contributed by atoms with Crippen molar-refractivity contribution in [2.45, 2.75) is 32.4 Å². The maximum Gasteiger partial charge on any atom is 0.270 e. The molecular weight excluding hydrogens is 409 g/mol. The molecule has 5 rings (SSSR count). The van der Waals surface area contributed by atoms with Crippen molar-refractivity contribution in [1.29, 1.82) is 0 Å². The zero-order valence-electron chi connectivity index (χ0n) is 17.5. The van der Waals surface area contributed by atoms with Gasteiger partial charge in [-0.15, -0.1) is 0 Å². The SMILES string of the molecule is O=C(NCc1ccc2c(F)c(CNCC3CCC3)[nH]c2c1)c1cc(=O)n2ccccc2n1. The number of hydrogen-bond acceptors (Lipinski definition) is 4. The number of benzene rings is 1. The van der Waals surface area contributed by atoms with Gasteiger partial charge in [0.25, 0.3) is 11.5 Å². The van der Waals surface area contributed by atoms with Crippen molar-refractivity contribution < 1.29 is 9.18 Å². The molecule has 0 spiro atoms. The normalized spacial score (nSPS) is 14.0. The van der Waals surface area contributed by atoms with Crippen LogP contribution in [0.4, 0.5) is 4.39 Å². The van der Waals surface area contributed by atoms with Crippen LogP contribution in [0, 0.1) is 11.7 Å². The topological polar surface area (TPSA) is 91.3 Å². The van der Waals surface area contributed by atoms with Gasteiger partial charge in [-0.25, -0.2) is 9.37 Å². The van der Waals surface area contributed by atoms with E-state index >= 15 is 0 Å². The molecule has 1 aromatic carbocycles. The highest BCUT2D eigenvalue weighted by molar-refractivity contribution is 5.92. The summed E-state index contributed by atoms with van der Waals surface area (Å²) in [4.78, 5) is 32.1. The van der Waals surface area contributed by atoms with E-state index in [1.54, 1.807) is 36.5 Å². The molecule has 3 heterocycles. The number of hydrogen-bond donors (Lipinski definition) is 3. The first-order chi connectivity index (χ1) is 15.6. The number of carbonyl (C=O) groups excluding carboxylic acids is 1. The predicted octanol–water partition coefficient (Wildman–Crippen LogP) is 3.13. The largest absolute Gasteiger partial charge is 0.355 e. The van der Waals surface area contributed by atoms with Gasteiger partial charge in [0.1, 0.15) is 11.3 Å². The summed E-state index contributed by atoms with van der Waals surface area (Å²) >= 11 is 0. The minimum Gasteiger partial charge on any atom is -0.355 e. The Morgan fingerprint density at radius 1 is 1.19 bits per heavy atom. The number of amides is 1. The van der Waals surface area contributed by atoms with Crippen molar-refractivity contribution in [3.8, 4) is 0 Å². The number of H-pyrrole nitrogens is 1. The average molecular weight is 433 g/mol. The number of pyridine rings is 1. The van der Waals surface area contributed by atoms with Crippen LogP contribution < -0.4 is 16.2 Å². The number of aromatic amines is 1. The summed E-state index contributed by atoms with van der Waals surface area (Å²) in [5.74, 6) is 0.0377. The van der Waals surface area contributed by atoms with Gasteiger partial charge in [0.05, 0.1) is 5.69 Å². The number of nitrogens with zero attached hydrogens (tertiary/aromatic N) is 2. The monoisotopic (exact) mass is 433 g/mol. The highest BCUT2D eigenvalue weighted by Crippen LogP contribution is 2.26. The summed E-state index contributed by atoms with van der Waals surface area (Å²) in [6.07, 6.45) is 5.40. The standard InChI is InChI=1S/C24H24FN5O2/c25-23-17-8-7-16(10-18(17)28-20(23)14-26-12-15-4-3-5-15)13-27-24(32)19-11-22(31)30-9-2-1-6-21(30)29-19/h1-2,6-11,15,26,28H,3-5,12-14H2,(H,27,32). The molecular formula is C24H24FN5O2. The third-order valence-corrected chi connectivity index (χ3v) is 6.09. The van der Waals surface area contributed by atoms with Crippen LogP contribution in [-0.2, 0) is 13.1 Å². The van der Waals surface area contributed by atoms with Crippen molar-refractivity contribution in [1.82, 2.24) is 25.0 Å². The minimum atomic E-state index is -0.438.